The number of nitrogens with zero attached hydrogens (tertiary/aromatic N) is 2. The summed E-state index contributed by atoms with van der Waals surface area (Å²) >= 11 is 3.45. The number of aromatic nitrogens is 1. The summed E-state index contributed by atoms with van der Waals surface area (Å²) in [7, 11) is 0. The third-order valence-electron chi connectivity index (χ3n) is 4.53. The zero-order valence-electron chi connectivity index (χ0n) is 13.8. The molecule has 2 aromatic rings. The van der Waals surface area contributed by atoms with Gasteiger partial charge in [0.05, 0.1) is 5.69 Å². The van der Waals surface area contributed by atoms with Crippen molar-refractivity contribution in [2.75, 3.05) is 16.8 Å². The molecule has 3 rings (SSSR count). The first-order valence-corrected chi connectivity index (χ1v) is 9.27. The molecule has 0 radical (unpaired) electrons. The molecule has 0 bridgehead atoms. The van der Waals surface area contributed by atoms with Gasteiger partial charge in [-0.15, -0.1) is 0 Å². The van der Waals surface area contributed by atoms with E-state index in [9.17, 15) is 4.79 Å². The average Bonchev–Trinajstić information content (AvgIpc) is 2.63. The Morgan fingerprint density at radius 1 is 1.33 bits per heavy atom. The van der Waals surface area contributed by atoms with Gasteiger partial charge in [0.25, 0.3) is 5.91 Å². The standard InChI is InChI=1S/C19H22BrN3O/c1-2-14-7-5-6-12-23(14)15-10-11-21-18(13-15)19(24)22-17-9-4-3-8-16(17)20/h3-4,8-11,13-14H,2,5-7,12H2,1H3,(H,22,24). The number of anilines is 2. The van der Waals surface area contributed by atoms with Crippen LogP contribution < -0.4 is 10.2 Å². The Kier molecular flexibility index (Phi) is 5.51. The monoisotopic (exact) mass is 387 g/mol. The highest BCUT2D eigenvalue weighted by molar-refractivity contribution is 9.10. The number of pyridine rings is 1. The van der Waals surface area contributed by atoms with E-state index < -0.39 is 0 Å². The molecule has 1 aliphatic rings. The summed E-state index contributed by atoms with van der Waals surface area (Å²) in [6, 6.07) is 12.0. The highest BCUT2D eigenvalue weighted by Gasteiger charge is 2.22. The van der Waals surface area contributed by atoms with Crippen molar-refractivity contribution in [2.24, 2.45) is 0 Å². The molecule has 2 heterocycles. The smallest absolute Gasteiger partial charge is 0.274 e. The summed E-state index contributed by atoms with van der Waals surface area (Å²) in [5.41, 5.74) is 2.29. The normalized spacial score (nSPS) is 17.6. The first-order chi connectivity index (χ1) is 11.7. The molecule has 1 aliphatic heterocycles. The summed E-state index contributed by atoms with van der Waals surface area (Å²) in [6.07, 6.45) is 6.57. The molecule has 1 fully saturated rings. The molecule has 1 amide bonds. The van der Waals surface area contributed by atoms with Gasteiger partial charge < -0.3 is 10.2 Å². The maximum absolute atomic E-state index is 12.5. The summed E-state index contributed by atoms with van der Waals surface area (Å²) in [4.78, 5) is 19.2. The minimum Gasteiger partial charge on any atom is -0.368 e. The van der Waals surface area contributed by atoms with Crippen molar-refractivity contribution in [3.05, 3.63) is 52.8 Å². The molecule has 0 aliphatic carbocycles. The molecule has 1 aromatic heterocycles. The molecule has 1 unspecified atom stereocenters. The molecule has 4 nitrogen and oxygen atoms in total. The predicted molar refractivity (Wildman–Crippen MR) is 102 cm³/mol. The molecule has 126 valence electrons. The Hall–Kier alpha value is -1.88. The lowest BCUT2D eigenvalue weighted by Crippen LogP contribution is -2.39. The minimum atomic E-state index is -0.186. The first-order valence-electron chi connectivity index (χ1n) is 8.47. The van der Waals surface area contributed by atoms with Crippen LogP contribution in [0.1, 0.15) is 43.1 Å². The number of rotatable bonds is 4. The van der Waals surface area contributed by atoms with Gasteiger partial charge in [-0.1, -0.05) is 19.1 Å². The molecule has 0 spiro atoms. The number of carbonyl (C=O) groups is 1. The van der Waals surface area contributed by atoms with Crippen molar-refractivity contribution in [1.82, 2.24) is 4.98 Å². The van der Waals surface area contributed by atoms with Gasteiger partial charge in [0.1, 0.15) is 5.69 Å². The van der Waals surface area contributed by atoms with E-state index in [1.165, 1.54) is 19.3 Å². The minimum absolute atomic E-state index is 0.186. The lowest BCUT2D eigenvalue weighted by atomic mass is 9.99. The second-order valence-corrected chi connectivity index (χ2v) is 6.94. The lowest BCUT2D eigenvalue weighted by Gasteiger charge is -2.37. The summed E-state index contributed by atoms with van der Waals surface area (Å²) in [6.45, 7) is 3.28. The van der Waals surface area contributed by atoms with Gasteiger partial charge in [0, 0.05) is 28.9 Å². The van der Waals surface area contributed by atoms with Gasteiger partial charge in [0.15, 0.2) is 0 Å². The van der Waals surface area contributed by atoms with Crippen LogP contribution in [-0.2, 0) is 0 Å². The number of halogens is 1. The van der Waals surface area contributed by atoms with E-state index in [0.717, 1.165) is 28.8 Å². The van der Waals surface area contributed by atoms with Crippen LogP contribution >= 0.6 is 15.9 Å². The van der Waals surface area contributed by atoms with Gasteiger partial charge in [-0.25, -0.2) is 0 Å². The molecule has 1 N–H and O–H groups in total. The number of benzene rings is 1. The van der Waals surface area contributed by atoms with Gasteiger partial charge >= 0.3 is 0 Å². The number of para-hydroxylation sites is 1. The summed E-state index contributed by atoms with van der Waals surface area (Å²) in [5, 5.41) is 2.92. The third kappa shape index (κ3) is 3.78. The molecular weight excluding hydrogens is 366 g/mol. The fourth-order valence-corrected chi connectivity index (χ4v) is 3.62. The Morgan fingerprint density at radius 2 is 2.17 bits per heavy atom. The largest absolute Gasteiger partial charge is 0.368 e. The van der Waals surface area contributed by atoms with Crippen LogP contribution in [0.3, 0.4) is 0 Å². The maximum Gasteiger partial charge on any atom is 0.274 e. The van der Waals surface area contributed by atoms with E-state index >= 15 is 0 Å². The molecule has 1 atom stereocenters. The van der Waals surface area contributed by atoms with Gasteiger partial charge in [-0.2, -0.15) is 0 Å². The van der Waals surface area contributed by atoms with E-state index in [4.69, 9.17) is 0 Å². The molecule has 1 aromatic carbocycles. The molecule has 5 heteroatoms. The highest BCUT2D eigenvalue weighted by Crippen LogP contribution is 2.27. The van der Waals surface area contributed by atoms with Crippen LogP contribution in [0.15, 0.2) is 47.1 Å². The first kappa shape index (κ1) is 17.0. The predicted octanol–water partition coefficient (Wildman–Crippen LogP) is 4.87. The second-order valence-electron chi connectivity index (χ2n) is 6.08. The van der Waals surface area contributed by atoms with E-state index in [-0.39, 0.29) is 5.91 Å². The SMILES string of the molecule is CCC1CCCCN1c1ccnc(C(=O)Nc2ccccc2Br)c1. The Balaban J connectivity index is 1.79. The summed E-state index contributed by atoms with van der Waals surface area (Å²) < 4.78 is 0.858. The zero-order chi connectivity index (χ0) is 16.9. The van der Waals surface area contributed by atoms with Crippen LogP contribution in [0.4, 0.5) is 11.4 Å². The van der Waals surface area contributed by atoms with Crippen LogP contribution in [0, 0.1) is 0 Å². The Bertz CT molecular complexity index is 719. The summed E-state index contributed by atoms with van der Waals surface area (Å²) in [5.74, 6) is -0.186. The molecular formula is C19H22BrN3O. The number of amides is 1. The van der Waals surface area contributed by atoms with E-state index in [1.54, 1.807) is 6.20 Å². The average molecular weight is 388 g/mol. The number of hydrogen-bond donors (Lipinski definition) is 1. The number of piperidine rings is 1. The maximum atomic E-state index is 12.5. The number of hydrogen-bond acceptors (Lipinski definition) is 3. The van der Waals surface area contributed by atoms with Crippen LogP contribution in [0.5, 0.6) is 0 Å². The van der Waals surface area contributed by atoms with Crippen molar-refractivity contribution in [3.63, 3.8) is 0 Å². The Labute approximate surface area is 151 Å². The fraction of sp³-hybridized carbons (Fsp3) is 0.368. The molecule has 24 heavy (non-hydrogen) atoms. The number of carbonyl (C=O) groups excluding carboxylic acids is 1. The van der Waals surface area contributed by atoms with E-state index in [1.807, 2.05) is 36.4 Å². The highest BCUT2D eigenvalue weighted by atomic mass is 79.9. The van der Waals surface area contributed by atoms with E-state index in [2.05, 4.69) is 38.1 Å². The van der Waals surface area contributed by atoms with Crippen LogP contribution in [0.2, 0.25) is 0 Å². The van der Waals surface area contributed by atoms with Gasteiger partial charge in [-0.05, 0) is 65.9 Å². The quantitative estimate of drug-likeness (QED) is 0.813. The van der Waals surface area contributed by atoms with Crippen molar-refractivity contribution in [2.45, 2.75) is 38.6 Å². The molecule has 1 saturated heterocycles. The van der Waals surface area contributed by atoms with Crippen molar-refractivity contribution in [3.8, 4) is 0 Å². The van der Waals surface area contributed by atoms with E-state index in [0.29, 0.717) is 11.7 Å². The van der Waals surface area contributed by atoms with Crippen molar-refractivity contribution < 1.29 is 4.79 Å². The lowest BCUT2D eigenvalue weighted by molar-refractivity contribution is 0.102. The second kappa shape index (κ2) is 7.79. The van der Waals surface area contributed by atoms with Crippen LogP contribution in [-0.4, -0.2) is 23.5 Å². The topological polar surface area (TPSA) is 45.2 Å². The van der Waals surface area contributed by atoms with Gasteiger partial charge in [0.2, 0.25) is 0 Å². The van der Waals surface area contributed by atoms with Crippen molar-refractivity contribution >= 4 is 33.2 Å². The third-order valence-corrected chi connectivity index (χ3v) is 5.22. The van der Waals surface area contributed by atoms with Crippen LogP contribution in [0.25, 0.3) is 0 Å². The number of nitrogens with one attached hydrogen (secondary N) is 1. The van der Waals surface area contributed by atoms with Crippen molar-refractivity contribution in [1.29, 1.82) is 0 Å². The fourth-order valence-electron chi connectivity index (χ4n) is 3.24. The van der Waals surface area contributed by atoms with Gasteiger partial charge in [-0.3, -0.25) is 9.78 Å². The molecule has 0 saturated carbocycles. The Morgan fingerprint density at radius 3 is 2.96 bits per heavy atom. The zero-order valence-corrected chi connectivity index (χ0v) is 15.4.